The molecule has 4 rings (SSSR count). The Morgan fingerprint density at radius 3 is 2.62 bits per heavy atom. The Balaban J connectivity index is 1.85. The molecule has 0 bridgehead atoms. The number of carbonyl (C=O) groups excluding carboxylic acids is 2. The van der Waals surface area contributed by atoms with E-state index in [1.54, 1.807) is 24.3 Å². The molecule has 0 unspecified atom stereocenters. The van der Waals surface area contributed by atoms with E-state index in [0.717, 1.165) is 10.9 Å². The van der Waals surface area contributed by atoms with E-state index in [2.05, 4.69) is 10.6 Å². The second-order valence-electron chi connectivity index (χ2n) is 6.96. The Bertz CT molecular complexity index is 1150. The van der Waals surface area contributed by atoms with Gasteiger partial charge in [0.15, 0.2) is 0 Å². The van der Waals surface area contributed by atoms with Gasteiger partial charge in [0.05, 0.1) is 11.1 Å². The molecule has 29 heavy (non-hydrogen) atoms. The molecule has 2 amide bonds. The minimum atomic E-state index is -0.916. The van der Waals surface area contributed by atoms with Crippen LogP contribution in [0.25, 0.3) is 22.0 Å². The monoisotopic (exact) mass is 391 g/mol. The highest BCUT2D eigenvalue weighted by Gasteiger charge is 2.33. The molecule has 1 atom stereocenters. The van der Waals surface area contributed by atoms with Crippen molar-refractivity contribution >= 4 is 39.6 Å². The number of para-hydroxylation sites is 1. The lowest BCUT2D eigenvalue weighted by molar-refractivity contribution is -0.122. The molecular weight excluding hydrogens is 370 g/mol. The van der Waals surface area contributed by atoms with Gasteiger partial charge in [0.2, 0.25) is 0 Å². The Labute approximate surface area is 167 Å². The third kappa shape index (κ3) is 3.41. The van der Waals surface area contributed by atoms with Crippen LogP contribution in [-0.2, 0) is 16.6 Å². The van der Waals surface area contributed by atoms with Gasteiger partial charge in [-0.25, -0.2) is 0 Å². The summed E-state index contributed by atoms with van der Waals surface area (Å²) in [6, 6.07) is 14.7. The SMILES string of the molecule is Cn1cc(C2=C(c3cccc(N[C@H](O)CCO)c3)C(=O)NC2=O)c2ccccc21. The molecule has 148 valence electrons. The molecule has 0 spiro atoms. The number of imide groups is 1. The second-order valence-corrected chi connectivity index (χ2v) is 6.96. The number of benzene rings is 2. The minimum absolute atomic E-state index is 0.152. The molecule has 2 heterocycles. The first-order valence-electron chi connectivity index (χ1n) is 9.30. The molecule has 0 radical (unpaired) electrons. The van der Waals surface area contributed by atoms with Crippen LogP contribution in [0.15, 0.2) is 54.7 Å². The van der Waals surface area contributed by atoms with Crippen LogP contribution in [-0.4, -0.2) is 39.4 Å². The topological polar surface area (TPSA) is 104 Å². The summed E-state index contributed by atoms with van der Waals surface area (Å²) in [4.78, 5) is 25.3. The van der Waals surface area contributed by atoms with E-state index < -0.39 is 18.0 Å². The lowest BCUT2D eigenvalue weighted by Crippen LogP contribution is -2.23. The second kappa shape index (κ2) is 7.54. The quantitative estimate of drug-likeness (QED) is 0.379. The molecule has 1 aliphatic rings. The van der Waals surface area contributed by atoms with E-state index in [1.807, 2.05) is 42.1 Å². The lowest BCUT2D eigenvalue weighted by Gasteiger charge is -2.14. The van der Waals surface area contributed by atoms with Crippen LogP contribution >= 0.6 is 0 Å². The molecule has 1 aromatic heterocycles. The van der Waals surface area contributed by atoms with Crippen molar-refractivity contribution in [3.8, 4) is 0 Å². The number of hydrogen-bond acceptors (Lipinski definition) is 5. The molecular formula is C22H21N3O4. The number of aliphatic hydroxyl groups excluding tert-OH is 2. The van der Waals surface area contributed by atoms with Gasteiger partial charge in [-0.2, -0.15) is 0 Å². The van der Waals surface area contributed by atoms with Crippen molar-refractivity contribution < 1.29 is 19.8 Å². The zero-order valence-corrected chi connectivity index (χ0v) is 15.8. The van der Waals surface area contributed by atoms with E-state index in [1.165, 1.54) is 0 Å². The van der Waals surface area contributed by atoms with Crippen LogP contribution in [0.5, 0.6) is 0 Å². The van der Waals surface area contributed by atoms with Gasteiger partial charge in [-0.3, -0.25) is 14.9 Å². The fourth-order valence-corrected chi connectivity index (χ4v) is 3.68. The zero-order valence-electron chi connectivity index (χ0n) is 15.8. The average Bonchev–Trinajstić information content (AvgIpc) is 3.18. The van der Waals surface area contributed by atoms with Crippen molar-refractivity contribution in [2.75, 3.05) is 11.9 Å². The number of nitrogens with one attached hydrogen (secondary N) is 2. The van der Waals surface area contributed by atoms with Crippen LogP contribution in [0.2, 0.25) is 0 Å². The van der Waals surface area contributed by atoms with Gasteiger partial charge in [0, 0.05) is 48.4 Å². The maximum Gasteiger partial charge on any atom is 0.259 e. The third-order valence-electron chi connectivity index (χ3n) is 4.98. The van der Waals surface area contributed by atoms with Crippen molar-refractivity contribution in [1.82, 2.24) is 9.88 Å². The van der Waals surface area contributed by atoms with E-state index in [9.17, 15) is 14.7 Å². The highest BCUT2D eigenvalue weighted by Crippen LogP contribution is 2.36. The predicted molar refractivity (Wildman–Crippen MR) is 111 cm³/mol. The van der Waals surface area contributed by atoms with Gasteiger partial charge in [-0.05, 0) is 23.8 Å². The van der Waals surface area contributed by atoms with Crippen molar-refractivity contribution in [1.29, 1.82) is 0 Å². The van der Waals surface area contributed by atoms with Gasteiger partial charge >= 0.3 is 0 Å². The van der Waals surface area contributed by atoms with Crippen LogP contribution in [0.1, 0.15) is 17.5 Å². The Hall–Kier alpha value is -3.42. The summed E-state index contributed by atoms with van der Waals surface area (Å²) >= 11 is 0. The fraction of sp³-hybridized carbons (Fsp3) is 0.182. The number of aliphatic hydroxyl groups is 2. The largest absolute Gasteiger partial charge is 0.396 e. The fourth-order valence-electron chi connectivity index (χ4n) is 3.68. The molecule has 0 saturated heterocycles. The number of aryl methyl sites for hydroxylation is 1. The van der Waals surface area contributed by atoms with Gasteiger partial charge in [-0.1, -0.05) is 30.3 Å². The van der Waals surface area contributed by atoms with Crippen LogP contribution in [0, 0.1) is 0 Å². The molecule has 4 N–H and O–H groups in total. The molecule has 0 fully saturated rings. The minimum Gasteiger partial charge on any atom is -0.396 e. The number of hydrogen-bond donors (Lipinski definition) is 4. The van der Waals surface area contributed by atoms with Crippen LogP contribution in [0.4, 0.5) is 5.69 Å². The predicted octanol–water partition coefficient (Wildman–Crippen LogP) is 1.86. The first kappa shape index (κ1) is 18.9. The van der Waals surface area contributed by atoms with Gasteiger partial charge in [-0.15, -0.1) is 0 Å². The van der Waals surface area contributed by atoms with E-state index >= 15 is 0 Å². The van der Waals surface area contributed by atoms with Gasteiger partial charge in [0.25, 0.3) is 11.8 Å². The molecule has 3 aromatic rings. The lowest BCUT2D eigenvalue weighted by atomic mass is 9.95. The first-order chi connectivity index (χ1) is 14.0. The molecule has 2 aromatic carbocycles. The Morgan fingerprint density at radius 1 is 1.07 bits per heavy atom. The smallest absolute Gasteiger partial charge is 0.259 e. The number of nitrogens with zero attached hydrogens (tertiary/aromatic N) is 1. The number of aromatic nitrogens is 1. The third-order valence-corrected chi connectivity index (χ3v) is 4.98. The van der Waals surface area contributed by atoms with Crippen LogP contribution in [0.3, 0.4) is 0 Å². The zero-order chi connectivity index (χ0) is 20.5. The van der Waals surface area contributed by atoms with Crippen molar-refractivity contribution in [3.05, 3.63) is 65.9 Å². The maximum absolute atomic E-state index is 12.7. The highest BCUT2D eigenvalue weighted by atomic mass is 16.3. The average molecular weight is 391 g/mol. The number of carbonyl (C=O) groups is 2. The standard InChI is InChI=1S/C22H21N3O4/c1-25-12-16(15-7-2-3-8-17(15)25)20-19(21(28)24-22(20)29)13-5-4-6-14(11-13)23-18(27)9-10-26/h2-8,11-12,18,23,26-27H,9-10H2,1H3,(H,24,28,29)/t18-/m1/s1. The number of rotatable bonds is 6. The van der Waals surface area contributed by atoms with Crippen molar-refractivity contribution in [2.45, 2.75) is 12.6 Å². The molecule has 7 nitrogen and oxygen atoms in total. The summed E-state index contributed by atoms with van der Waals surface area (Å²) in [6.07, 6.45) is 1.11. The summed E-state index contributed by atoms with van der Waals surface area (Å²) < 4.78 is 1.93. The van der Waals surface area contributed by atoms with Crippen molar-refractivity contribution in [3.63, 3.8) is 0 Å². The van der Waals surface area contributed by atoms with E-state index in [0.29, 0.717) is 28.0 Å². The van der Waals surface area contributed by atoms with E-state index in [4.69, 9.17) is 5.11 Å². The number of amides is 2. The summed E-state index contributed by atoms with van der Waals surface area (Å²) in [7, 11) is 1.90. The van der Waals surface area contributed by atoms with Crippen molar-refractivity contribution in [2.24, 2.45) is 7.05 Å². The summed E-state index contributed by atoms with van der Waals surface area (Å²) in [5.74, 6) is -0.883. The highest BCUT2D eigenvalue weighted by molar-refractivity contribution is 6.50. The number of anilines is 1. The molecule has 7 heteroatoms. The molecule has 0 saturated carbocycles. The van der Waals surface area contributed by atoms with Crippen LogP contribution < -0.4 is 10.6 Å². The summed E-state index contributed by atoms with van der Waals surface area (Å²) in [6.45, 7) is -0.152. The van der Waals surface area contributed by atoms with Gasteiger partial charge in [0.1, 0.15) is 6.23 Å². The molecule has 1 aliphatic heterocycles. The normalized spacial score (nSPS) is 15.1. The van der Waals surface area contributed by atoms with Gasteiger partial charge < -0.3 is 20.1 Å². The molecule has 0 aliphatic carbocycles. The Morgan fingerprint density at radius 2 is 1.83 bits per heavy atom. The maximum atomic E-state index is 12.7. The summed E-state index contributed by atoms with van der Waals surface area (Å²) in [5.41, 5.74) is 3.44. The first-order valence-corrected chi connectivity index (χ1v) is 9.30. The number of fused-ring (bicyclic) bond motifs is 1. The Kier molecular flexibility index (Phi) is 4.92. The van der Waals surface area contributed by atoms with E-state index in [-0.39, 0.29) is 13.0 Å². The summed E-state index contributed by atoms with van der Waals surface area (Å²) in [5, 5.41) is 25.0.